The fraction of sp³-hybridized carbons (Fsp3) is 0.818. The van der Waals surface area contributed by atoms with Gasteiger partial charge in [-0.1, -0.05) is 0 Å². The van der Waals surface area contributed by atoms with E-state index < -0.39 is 5.97 Å². The van der Waals surface area contributed by atoms with E-state index in [-0.39, 0.29) is 18.4 Å². The summed E-state index contributed by atoms with van der Waals surface area (Å²) in [6.45, 7) is 2.01. The van der Waals surface area contributed by atoms with Gasteiger partial charge in [0.25, 0.3) is 0 Å². The van der Waals surface area contributed by atoms with Crippen molar-refractivity contribution in [3.63, 3.8) is 0 Å². The number of carboxylic acids is 1. The molecule has 0 aromatic heterocycles. The van der Waals surface area contributed by atoms with Crippen LogP contribution < -0.4 is 5.32 Å². The molecule has 6 heteroatoms. The highest BCUT2D eigenvalue weighted by molar-refractivity contribution is 5.83. The molecule has 0 saturated carbocycles. The Balaban J connectivity index is 2.53. The lowest BCUT2D eigenvalue weighted by atomic mass is 9.98. The van der Waals surface area contributed by atoms with Gasteiger partial charge < -0.3 is 20.1 Å². The van der Waals surface area contributed by atoms with E-state index in [1.54, 1.807) is 0 Å². The molecule has 1 atom stereocenters. The molecule has 17 heavy (non-hydrogen) atoms. The summed E-state index contributed by atoms with van der Waals surface area (Å²) in [7, 11) is 1.53. The summed E-state index contributed by atoms with van der Waals surface area (Å²) < 4.78 is 4.89. The van der Waals surface area contributed by atoms with Crippen LogP contribution in [0.4, 0.5) is 0 Å². The molecule has 1 unspecified atom stereocenters. The monoisotopic (exact) mass is 244 g/mol. The Morgan fingerprint density at radius 2 is 2.29 bits per heavy atom. The Morgan fingerprint density at radius 1 is 1.53 bits per heavy atom. The number of nitrogens with one attached hydrogen (secondary N) is 1. The number of nitrogens with zero attached hydrogens (tertiary/aromatic N) is 1. The maximum absolute atomic E-state index is 12.1. The maximum atomic E-state index is 12.1. The van der Waals surface area contributed by atoms with Crippen molar-refractivity contribution >= 4 is 11.9 Å². The minimum atomic E-state index is -0.988. The molecule has 0 spiro atoms. The van der Waals surface area contributed by atoms with Crippen molar-refractivity contribution in [3.8, 4) is 0 Å². The normalized spacial score (nSPS) is 19.9. The lowest BCUT2D eigenvalue weighted by molar-refractivity contribution is -0.147. The minimum absolute atomic E-state index is 0.0864. The van der Waals surface area contributed by atoms with Crippen molar-refractivity contribution in [2.75, 3.05) is 39.9 Å². The van der Waals surface area contributed by atoms with Crippen molar-refractivity contribution in [2.45, 2.75) is 12.8 Å². The van der Waals surface area contributed by atoms with Gasteiger partial charge >= 0.3 is 5.97 Å². The Morgan fingerprint density at radius 3 is 2.82 bits per heavy atom. The SMILES string of the molecule is COCCN(CC(=O)O)C(=O)C1CCCNC1. The number of hydrogen-bond donors (Lipinski definition) is 2. The lowest BCUT2D eigenvalue weighted by Crippen LogP contribution is -2.46. The van der Waals surface area contributed by atoms with Crippen LogP contribution in [0.3, 0.4) is 0 Å². The van der Waals surface area contributed by atoms with Crippen molar-refractivity contribution in [3.05, 3.63) is 0 Å². The average Bonchev–Trinajstić information content (AvgIpc) is 2.34. The second kappa shape index (κ2) is 7.24. The molecule has 0 aromatic carbocycles. The number of amides is 1. The van der Waals surface area contributed by atoms with Gasteiger partial charge in [-0.3, -0.25) is 9.59 Å². The number of rotatable bonds is 6. The fourth-order valence-electron chi connectivity index (χ4n) is 1.95. The van der Waals surface area contributed by atoms with E-state index in [4.69, 9.17) is 9.84 Å². The molecule has 0 aliphatic carbocycles. The Hall–Kier alpha value is -1.14. The van der Waals surface area contributed by atoms with E-state index in [1.165, 1.54) is 12.0 Å². The third-order valence-corrected chi connectivity index (χ3v) is 2.85. The topological polar surface area (TPSA) is 78.9 Å². The fourth-order valence-corrected chi connectivity index (χ4v) is 1.95. The molecule has 1 heterocycles. The summed E-state index contributed by atoms with van der Waals surface area (Å²) in [6, 6.07) is 0. The van der Waals surface area contributed by atoms with E-state index >= 15 is 0 Å². The molecular formula is C11H20N2O4. The number of carbonyl (C=O) groups is 2. The van der Waals surface area contributed by atoms with Crippen LogP contribution in [0.1, 0.15) is 12.8 Å². The van der Waals surface area contributed by atoms with Gasteiger partial charge in [0.2, 0.25) is 5.91 Å². The molecule has 1 aliphatic heterocycles. The molecule has 0 radical (unpaired) electrons. The number of piperidine rings is 1. The molecule has 1 saturated heterocycles. The third kappa shape index (κ3) is 4.70. The van der Waals surface area contributed by atoms with Gasteiger partial charge in [0.1, 0.15) is 6.54 Å². The second-order valence-electron chi connectivity index (χ2n) is 4.19. The number of methoxy groups -OCH3 is 1. The summed E-state index contributed by atoms with van der Waals surface area (Å²) in [4.78, 5) is 24.2. The van der Waals surface area contributed by atoms with Gasteiger partial charge in [-0.15, -0.1) is 0 Å². The quantitative estimate of drug-likeness (QED) is 0.661. The van der Waals surface area contributed by atoms with Gasteiger partial charge in [0.05, 0.1) is 12.5 Å². The predicted octanol–water partition coefficient (Wildman–Crippen LogP) is -0.454. The molecule has 2 N–H and O–H groups in total. The molecule has 1 amide bonds. The van der Waals surface area contributed by atoms with Crippen molar-refractivity contribution < 1.29 is 19.4 Å². The van der Waals surface area contributed by atoms with Crippen LogP contribution in [0.25, 0.3) is 0 Å². The summed E-state index contributed by atoms with van der Waals surface area (Å²) in [5.41, 5.74) is 0. The van der Waals surface area contributed by atoms with Crippen molar-refractivity contribution in [1.82, 2.24) is 10.2 Å². The summed E-state index contributed by atoms with van der Waals surface area (Å²) in [5.74, 6) is -1.17. The molecule has 1 aliphatic rings. The first kappa shape index (κ1) is 13.9. The zero-order valence-corrected chi connectivity index (χ0v) is 10.1. The van der Waals surface area contributed by atoms with Gasteiger partial charge in [-0.25, -0.2) is 0 Å². The standard InChI is InChI=1S/C11H20N2O4/c1-17-6-5-13(8-10(14)15)11(16)9-3-2-4-12-7-9/h9,12H,2-8H2,1H3,(H,14,15). The molecule has 1 rings (SSSR count). The number of carboxylic acid groups (broad SMARTS) is 1. The van der Waals surface area contributed by atoms with Gasteiger partial charge in [0, 0.05) is 20.2 Å². The summed E-state index contributed by atoms with van der Waals surface area (Å²) in [5, 5.41) is 11.9. The van der Waals surface area contributed by atoms with E-state index in [9.17, 15) is 9.59 Å². The van der Waals surface area contributed by atoms with Crippen molar-refractivity contribution in [2.24, 2.45) is 5.92 Å². The number of hydrogen-bond acceptors (Lipinski definition) is 4. The zero-order valence-electron chi connectivity index (χ0n) is 10.1. The third-order valence-electron chi connectivity index (χ3n) is 2.85. The Kier molecular flexibility index (Phi) is 5.93. The molecule has 0 bridgehead atoms. The van der Waals surface area contributed by atoms with E-state index in [0.717, 1.165) is 19.4 Å². The van der Waals surface area contributed by atoms with E-state index in [2.05, 4.69) is 5.32 Å². The van der Waals surface area contributed by atoms with E-state index in [1.807, 2.05) is 0 Å². The van der Waals surface area contributed by atoms with Crippen LogP contribution in [-0.2, 0) is 14.3 Å². The number of aliphatic carboxylic acids is 1. The van der Waals surface area contributed by atoms with Gasteiger partial charge in [-0.2, -0.15) is 0 Å². The Bertz CT molecular complexity index is 264. The Labute approximate surface area is 101 Å². The van der Waals surface area contributed by atoms with Crippen LogP contribution in [0.15, 0.2) is 0 Å². The zero-order chi connectivity index (χ0) is 12.7. The van der Waals surface area contributed by atoms with Crippen LogP contribution in [0, 0.1) is 5.92 Å². The predicted molar refractivity (Wildman–Crippen MR) is 61.7 cm³/mol. The van der Waals surface area contributed by atoms with E-state index in [0.29, 0.717) is 19.7 Å². The molecule has 0 aromatic rings. The molecule has 98 valence electrons. The molecule has 6 nitrogen and oxygen atoms in total. The largest absolute Gasteiger partial charge is 0.480 e. The summed E-state index contributed by atoms with van der Waals surface area (Å²) >= 11 is 0. The summed E-state index contributed by atoms with van der Waals surface area (Å²) in [6.07, 6.45) is 1.79. The first-order chi connectivity index (χ1) is 8.15. The number of carbonyl (C=O) groups excluding carboxylic acids is 1. The van der Waals surface area contributed by atoms with Gasteiger partial charge in [-0.05, 0) is 19.4 Å². The lowest BCUT2D eigenvalue weighted by Gasteiger charge is -2.28. The van der Waals surface area contributed by atoms with Crippen LogP contribution in [-0.4, -0.2) is 61.8 Å². The first-order valence-electron chi connectivity index (χ1n) is 5.85. The smallest absolute Gasteiger partial charge is 0.323 e. The average molecular weight is 244 g/mol. The second-order valence-corrected chi connectivity index (χ2v) is 4.19. The van der Waals surface area contributed by atoms with Crippen LogP contribution >= 0.6 is 0 Å². The maximum Gasteiger partial charge on any atom is 0.323 e. The van der Waals surface area contributed by atoms with Crippen LogP contribution in [0.2, 0.25) is 0 Å². The van der Waals surface area contributed by atoms with Crippen LogP contribution in [0.5, 0.6) is 0 Å². The first-order valence-corrected chi connectivity index (χ1v) is 5.85. The highest BCUT2D eigenvalue weighted by Crippen LogP contribution is 2.13. The van der Waals surface area contributed by atoms with Gasteiger partial charge in [0.15, 0.2) is 0 Å². The van der Waals surface area contributed by atoms with Crippen molar-refractivity contribution in [1.29, 1.82) is 0 Å². The molecule has 1 fully saturated rings. The minimum Gasteiger partial charge on any atom is -0.480 e. The number of ether oxygens (including phenoxy) is 1. The highest BCUT2D eigenvalue weighted by Gasteiger charge is 2.26. The molecular weight excluding hydrogens is 224 g/mol. The highest BCUT2D eigenvalue weighted by atomic mass is 16.5.